The molecule has 1 rings (SSSR count). The maximum Gasteiger partial charge on any atom is 0.186 e. The van der Waals surface area contributed by atoms with Crippen molar-refractivity contribution >= 4 is 0 Å². The van der Waals surface area contributed by atoms with E-state index < -0.39 is 37.3 Å². The minimum Gasteiger partial charge on any atom is -0.394 e. The highest BCUT2D eigenvalue weighted by atomic mass is 16.7. The van der Waals surface area contributed by atoms with E-state index in [4.69, 9.17) is 14.6 Å². The Kier molecular flexibility index (Phi) is 9.47. The molecule has 22 heavy (non-hydrogen) atoms. The average molecular weight is 320 g/mol. The highest BCUT2D eigenvalue weighted by Gasteiger charge is 2.44. The molecule has 6 nitrogen and oxygen atoms in total. The van der Waals surface area contributed by atoms with Gasteiger partial charge < -0.3 is 29.9 Å². The lowest BCUT2D eigenvalue weighted by Crippen LogP contribution is -2.59. The van der Waals surface area contributed by atoms with E-state index in [0.29, 0.717) is 0 Å². The van der Waals surface area contributed by atoms with Gasteiger partial charge in [0.1, 0.15) is 24.4 Å². The highest BCUT2D eigenvalue weighted by molar-refractivity contribution is 4.89. The summed E-state index contributed by atoms with van der Waals surface area (Å²) in [5, 5.41) is 38.6. The van der Waals surface area contributed by atoms with Crippen LogP contribution in [0.15, 0.2) is 0 Å². The lowest BCUT2D eigenvalue weighted by atomic mass is 9.99. The molecule has 6 atom stereocenters. The molecule has 4 N–H and O–H groups in total. The molecule has 0 amide bonds. The van der Waals surface area contributed by atoms with Crippen LogP contribution in [-0.4, -0.2) is 63.8 Å². The van der Waals surface area contributed by atoms with Crippen LogP contribution >= 0.6 is 0 Å². The quantitative estimate of drug-likeness (QED) is 0.447. The predicted octanol–water partition coefficient (Wildman–Crippen LogP) is 0.942. The van der Waals surface area contributed by atoms with Gasteiger partial charge in [-0.2, -0.15) is 0 Å². The molecule has 6 heteroatoms. The summed E-state index contributed by atoms with van der Waals surface area (Å²) in [5.74, 6) is 0. The number of hydrogen-bond acceptors (Lipinski definition) is 6. The Morgan fingerprint density at radius 3 is 2.23 bits per heavy atom. The van der Waals surface area contributed by atoms with Gasteiger partial charge in [-0.25, -0.2) is 0 Å². The summed E-state index contributed by atoms with van der Waals surface area (Å²) in [4.78, 5) is 0. The maximum absolute atomic E-state index is 9.97. The SMILES string of the molecule is CCCCCCCC(CC)O[C@@H]1OC(CO)[C@@H](O)C(O)C1O. The molecule has 1 aliphatic heterocycles. The first-order valence-corrected chi connectivity index (χ1v) is 8.51. The number of aliphatic hydroxyl groups is 4. The molecule has 0 saturated carbocycles. The summed E-state index contributed by atoms with van der Waals surface area (Å²) in [5.41, 5.74) is 0. The third kappa shape index (κ3) is 5.76. The number of ether oxygens (including phenoxy) is 2. The molecule has 0 radical (unpaired) electrons. The van der Waals surface area contributed by atoms with Gasteiger partial charge in [-0.05, 0) is 12.8 Å². The molecule has 0 spiro atoms. The van der Waals surface area contributed by atoms with Crippen molar-refractivity contribution in [2.75, 3.05) is 6.61 Å². The van der Waals surface area contributed by atoms with Crippen molar-refractivity contribution < 1.29 is 29.9 Å². The fourth-order valence-electron chi connectivity index (χ4n) is 2.71. The maximum atomic E-state index is 9.97. The van der Waals surface area contributed by atoms with Gasteiger partial charge in [-0.1, -0.05) is 46.0 Å². The molecular formula is C16H32O6. The first-order chi connectivity index (χ1) is 10.5. The van der Waals surface area contributed by atoms with E-state index in [1.165, 1.54) is 19.3 Å². The second-order valence-corrected chi connectivity index (χ2v) is 6.07. The van der Waals surface area contributed by atoms with Gasteiger partial charge in [0.15, 0.2) is 6.29 Å². The molecule has 0 aromatic rings. The monoisotopic (exact) mass is 320 g/mol. The largest absolute Gasteiger partial charge is 0.394 e. The van der Waals surface area contributed by atoms with Crippen molar-refractivity contribution in [3.8, 4) is 0 Å². The van der Waals surface area contributed by atoms with E-state index in [2.05, 4.69) is 6.92 Å². The Balaban J connectivity index is 2.43. The van der Waals surface area contributed by atoms with Crippen LogP contribution in [0.3, 0.4) is 0 Å². The van der Waals surface area contributed by atoms with Crippen LogP contribution in [-0.2, 0) is 9.47 Å². The van der Waals surface area contributed by atoms with E-state index in [1.54, 1.807) is 0 Å². The van der Waals surface area contributed by atoms with Gasteiger partial charge >= 0.3 is 0 Å². The van der Waals surface area contributed by atoms with Gasteiger partial charge in [0.2, 0.25) is 0 Å². The third-order valence-electron chi connectivity index (χ3n) is 4.26. The molecule has 0 aromatic carbocycles. The molecule has 0 aromatic heterocycles. The first kappa shape index (κ1) is 19.8. The predicted molar refractivity (Wildman–Crippen MR) is 82.3 cm³/mol. The zero-order valence-electron chi connectivity index (χ0n) is 13.7. The van der Waals surface area contributed by atoms with Crippen molar-refractivity contribution in [1.82, 2.24) is 0 Å². The van der Waals surface area contributed by atoms with Crippen LogP contribution in [0, 0.1) is 0 Å². The van der Waals surface area contributed by atoms with Gasteiger partial charge in [0.05, 0.1) is 12.7 Å². The van der Waals surface area contributed by atoms with Crippen molar-refractivity contribution in [3.05, 3.63) is 0 Å². The normalized spacial score (nSPS) is 33.8. The number of hydrogen-bond donors (Lipinski definition) is 4. The number of aliphatic hydroxyl groups excluding tert-OH is 4. The standard InChI is InChI=1S/C16H32O6/c1-3-5-6-7-8-9-11(4-2)21-16-15(20)14(19)13(18)12(10-17)22-16/h11-20H,3-10H2,1-2H3/t11?,12?,13-,14?,15?,16-/m1/s1. The van der Waals surface area contributed by atoms with Crippen molar-refractivity contribution in [2.24, 2.45) is 0 Å². The Labute approximate surface area is 133 Å². The molecule has 1 saturated heterocycles. The molecule has 4 unspecified atom stereocenters. The van der Waals surface area contributed by atoms with E-state index >= 15 is 0 Å². The lowest BCUT2D eigenvalue weighted by Gasteiger charge is -2.40. The zero-order valence-corrected chi connectivity index (χ0v) is 13.7. The summed E-state index contributed by atoms with van der Waals surface area (Å²) < 4.78 is 11.1. The number of rotatable bonds is 10. The van der Waals surface area contributed by atoms with E-state index in [9.17, 15) is 15.3 Å². The second-order valence-electron chi connectivity index (χ2n) is 6.07. The minimum atomic E-state index is -1.38. The highest BCUT2D eigenvalue weighted by Crippen LogP contribution is 2.24. The van der Waals surface area contributed by atoms with Crippen molar-refractivity contribution in [3.63, 3.8) is 0 Å². The Morgan fingerprint density at radius 2 is 1.64 bits per heavy atom. The van der Waals surface area contributed by atoms with Gasteiger partial charge in [0, 0.05) is 0 Å². The molecule has 1 fully saturated rings. The zero-order chi connectivity index (χ0) is 16.5. The fraction of sp³-hybridized carbons (Fsp3) is 1.00. The lowest BCUT2D eigenvalue weighted by molar-refractivity contribution is -0.311. The summed E-state index contributed by atoms with van der Waals surface area (Å²) in [7, 11) is 0. The van der Waals surface area contributed by atoms with Crippen LogP contribution < -0.4 is 0 Å². The Morgan fingerprint density at radius 1 is 0.955 bits per heavy atom. The summed E-state index contributed by atoms with van der Waals surface area (Å²) in [6.07, 6.45) is 1.50. The van der Waals surface area contributed by atoms with E-state index in [1.807, 2.05) is 6.92 Å². The molecule has 132 valence electrons. The second kappa shape index (κ2) is 10.5. The third-order valence-corrected chi connectivity index (χ3v) is 4.26. The van der Waals surface area contributed by atoms with Crippen LogP contribution in [0.5, 0.6) is 0 Å². The molecule has 0 bridgehead atoms. The Hall–Kier alpha value is -0.240. The van der Waals surface area contributed by atoms with E-state index in [0.717, 1.165) is 25.7 Å². The summed E-state index contributed by atoms with van der Waals surface area (Å²) >= 11 is 0. The average Bonchev–Trinajstić information content (AvgIpc) is 2.53. The van der Waals surface area contributed by atoms with Gasteiger partial charge in [-0.3, -0.25) is 0 Å². The molecule has 1 heterocycles. The molecular weight excluding hydrogens is 288 g/mol. The first-order valence-electron chi connectivity index (χ1n) is 8.51. The minimum absolute atomic E-state index is 0.0666. The topological polar surface area (TPSA) is 99.4 Å². The van der Waals surface area contributed by atoms with Crippen LogP contribution in [0.1, 0.15) is 58.8 Å². The van der Waals surface area contributed by atoms with Crippen molar-refractivity contribution in [1.29, 1.82) is 0 Å². The summed E-state index contributed by atoms with van der Waals surface area (Å²) in [6.45, 7) is 3.75. The Bertz CT molecular complexity index is 286. The van der Waals surface area contributed by atoms with E-state index in [-0.39, 0.29) is 6.10 Å². The summed E-state index contributed by atoms with van der Waals surface area (Å²) in [6, 6.07) is 0. The smallest absolute Gasteiger partial charge is 0.186 e. The van der Waals surface area contributed by atoms with Gasteiger partial charge in [-0.15, -0.1) is 0 Å². The van der Waals surface area contributed by atoms with Crippen LogP contribution in [0.2, 0.25) is 0 Å². The van der Waals surface area contributed by atoms with Crippen molar-refractivity contribution in [2.45, 2.75) is 95.6 Å². The molecule has 1 aliphatic rings. The van der Waals surface area contributed by atoms with Crippen LogP contribution in [0.25, 0.3) is 0 Å². The van der Waals surface area contributed by atoms with Crippen LogP contribution in [0.4, 0.5) is 0 Å². The fourth-order valence-corrected chi connectivity index (χ4v) is 2.71. The number of unbranched alkanes of at least 4 members (excludes halogenated alkanes) is 4. The van der Waals surface area contributed by atoms with Gasteiger partial charge in [0.25, 0.3) is 0 Å². The molecule has 0 aliphatic carbocycles.